The first-order chi connectivity index (χ1) is 13.2. The molecule has 27 heavy (non-hydrogen) atoms. The number of ether oxygens (including phenoxy) is 3. The Bertz CT molecular complexity index is 892. The quantitative estimate of drug-likeness (QED) is 0.611. The summed E-state index contributed by atoms with van der Waals surface area (Å²) in [5.41, 5.74) is 3.10. The summed E-state index contributed by atoms with van der Waals surface area (Å²) in [7, 11) is 2.99. The third-order valence-corrected chi connectivity index (χ3v) is 4.01. The minimum absolute atomic E-state index is 0.392. The van der Waals surface area contributed by atoms with Crippen LogP contribution in [0.1, 0.15) is 15.9 Å². The maximum Gasteiger partial charge on any atom is 0.337 e. The van der Waals surface area contributed by atoms with Gasteiger partial charge in [0.1, 0.15) is 18.1 Å². The van der Waals surface area contributed by atoms with Gasteiger partial charge >= 0.3 is 5.97 Å². The fourth-order valence-electron chi connectivity index (χ4n) is 2.56. The van der Waals surface area contributed by atoms with Crippen LogP contribution in [0.15, 0.2) is 72.8 Å². The standard InChI is InChI=1S/C22H21NO4/c1-25-19-11-9-18(10-12-19)23-20-13-8-17(22(24)26-2)14-21(20)27-15-16-6-4-3-5-7-16/h3-14,23H,15H2,1-2H3. The third-order valence-electron chi connectivity index (χ3n) is 4.01. The molecule has 0 fully saturated rings. The highest BCUT2D eigenvalue weighted by Crippen LogP contribution is 2.30. The molecule has 0 aliphatic heterocycles. The van der Waals surface area contributed by atoms with E-state index in [2.05, 4.69) is 5.32 Å². The van der Waals surface area contributed by atoms with Gasteiger partial charge in [0.05, 0.1) is 25.5 Å². The second kappa shape index (κ2) is 8.76. The molecule has 0 bridgehead atoms. The molecule has 0 radical (unpaired) electrons. The van der Waals surface area contributed by atoms with E-state index >= 15 is 0 Å². The summed E-state index contributed by atoms with van der Waals surface area (Å²) in [6, 6.07) is 22.6. The molecular formula is C22H21NO4. The molecule has 138 valence electrons. The Kier molecular flexibility index (Phi) is 5.94. The van der Waals surface area contributed by atoms with Gasteiger partial charge in [0.2, 0.25) is 0 Å². The molecule has 3 rings (SSSR count). The van der Waals surface area contributed by atoms with E-state index in [-0.39, 0.29) is 0 Å². The highest BCUT2D eigenvalue weighted by Gasteiger charge is 2.12. The topological polar surface area (TPSA) is 56.8 Å². The van der Waals surface area contributed by atoms with Crippen LogP contribution in [0.2, 0.25) is 0 Å². The first-order valence-corrected chi connectivity index (χ1v) is 8.50. The maximum absolute atomic E-state index is 11.9. The van der Waals surface area contributed by atoms with Crippen LogP contribution >= 0.6 is 0 Å². The van der Waals surface area contributed by atoms with E-state index in [1.54, 1.807) is 25.3 Å². The Labute approximate surface area is 158 Å². The van der Waals surface area contributed by atoms with Gasteiger partial charge in [0, 0.05) is 5.69 Å². The van der Waals surface area contributed by atoms with Crippen LogP contribution in [0.4, 0.5) is 11.4 Å². The first-order valence-electron chi connectivity index (χ1n) is 8.50. The van der Waals surface area contributed by atoms with Crippen molar-refractivity contribution in [2.24, 2.45) is 0 Å². The molecule has 3 aromatic carbocycles. The van der Waals surface area contributed by atoms with E-state index in [1.165, 1.54) is 7.11 Å². The summed E-state index contributed by atoms with van der Waals surface area (Å²) in [5.74, 6) is 0.940. The van der Waals surface area contributed by atoms with E-state index in [1.807, 2.05) is 54.6 Å². The van der Waals surface area contributed by atoms with Gasteiger partial charge in [-0.05, 0) is 48.0 Å². The van der Waals surface area contributed by atoms with E-state index in [9.17, 15) is 4.79 Å². The van der Waals surface area contributed by atoms with E-state index in [4.69, 9.17) is 14.2 Å². The molecule has 0 aliphatic carbocycles. The zero-order chi connectivity index (χ0) is 19.1. The highest BCUT2D eigenvalue weighted by atomic mass is 16.5. The van der Waals surface area contributed by atoms with Crippen molar-refractivity contribution in [3.8, 4) is 11.5 Å². The number of anilines is 2. The van der Waals surface area contributed by atoms with Crippen molar-refractivity contribution in [3.63, 3.8) is 0 Å². The third kappa shape index (κ3) is 4.79. The van der Waals surface area contributed by atoms with Crippen molar-refractivity contribution in [2.45, 2.75) is 6.61 Å². The summed E-state index contributed by atoms with van der Waals surface area (Å²) < 4.78 is 16.0. The number of carbonyl (C=O) groups excluding carboxylic acids is 1. The fourth-order valence-corrected chi connectivity index (χ4v) is 2.56. The average molecular weight is 363 g/mol. The SMILES string of the molecule is COC(=O)c1ccc(Nc2ccc(OC)cc2)c(OCc2ccccc2)c1. The van der Waals surface area contributed by atoms with Crippen molar-refractivity contribution in [1.29, 1.82) is 0 Å². The molecule has 0 saturated carbocycles. The number of hydrogen-bond acceptors (Lipinski definition) is 5. The van der Waals surface area contributed by atoms with Crippen LogP contribution < -0.4 is 14.8 Å². The Morgan fingerprint density at radius 2 is 1.67 bits per heavy atom. The van der Waals surface area contributed by atoms with Crippen molar-refractivity contribution < 1.29 is 19.0 Å². The van der Waals surface area contributed by atoms with Crippen LogP contribution in [0.5, 0.6) is 11.5 Å². The molecule has 0 atom stereocenters. The molecule has 0 spiro atoms. The van der Waals surface area contributed by atoms with Crippen LogP contribution in [0, 0.1) is 0 Å². The predicted molar refractivity (Wildman–Crippen MR) is 105 cm³/mol. The second-order valence-corrected chi connectivity index (χ2v) is 5.83. The minimum atomic E-state index is -0.407. The van der Waals surface area contributed by atoms with Crippen LogP contribution in [0.25, 0.3) is 0 Å². The lowest BCUT2D eigenvalue weighted by Gasteiger charge is -2.15. The maximum atomic E-state index is 11.9. The number of methoxy groups -OCH3 is 2. The van der Waals surface area contributed by atoms with E-state index < -0.39 is 5.97 Å². The normalized spacial score (nSPS) is 10.1. The lowest BCUT2D eigenvalue weighted by Crippen LogP contribution is -2.04. The van der Waals surface area contributed by atoms with Gasteiger partial charge in [-0.3, -0.25) is 0 Å². The largest absolute Gasteiger partial charge is 0.497 e. The number of benzene rings is 3. The van der Waals surface area contributed by atoms with Crippen LogP contribution in [0.3, 0.4) is 0 Å². The van der Waals surface area contributed by atoms with Gasteiger partial charge < -0.3 is 19.5 Å². The molecule has 0 heterocycles. The summed E-state index contributed by atoms with van der Waals surface area (Å²) >= 11 is 0. The number of nitrogens with one attached hydrogen (secondary N) is 1. The molecule has 0 unspecified atom stereocenters. The van der Waals surface area contributed by atoms with Crippen molar-refractivity contribution in [3.05, 3.63) is 83.9 Å². The van der Waals surface area contributed by atoms with Crippen molar-refractivity contribution >= 4 is 17.3 Å². The average Bonchev–Trinajstić information content (AvgIpc) is 2.73. The van der Waals surface area contributed by atoms with Gasteiger partial charge in [-0.1, -0.05) is 30.3 Å². The monoisotopic (exact) mass is 363 g/mol. The van der Waals surface area contributed by atoms with Crippen molar-refractivity contribution in [1.82, 2.24) is 0 Å². The zero-order valence-corrected chi connectivity index (χ0v) is 15.3. The number of rotatable bonds is 7. The predicted octanol–water partition coefficient (Wildman–Crippen LogP) is 4.80. The molecule has 0 saturated heterocycles. The summed E-state index contributed by atoms with van der Waals surface area (Å²) in [6.45, 7) is 0.392. The Morgan fingerprint density at radius 3 is 2.33 bits per heavy atom. The van der Waals surface area contributed by atoms with Gasteiger partial charge in [-0.15, -0.1) is 0 Å². The van der Waals surface area contributed by atoms with Gasteiger partial charge in [-0.2, -0.15) is 0 Å². The number of esters is 1. The first kappa shape index (κ1) is 18.3. The second-order valence-electron chi connectivity index (χ2n) is 5.83. The number of hydrogen-bond donors (Lipinski definition) is 1. The molecule has 3 aromatic rings. The van der Waals surface area contributed by atoms with E-state index in [0.717, 1.165) is 22.7 Å². The van der Waals surface area contributed by atoms with E-state index in [0.29, 0.717) is 17.9 Å². The molecule has 5 heteroatoms. The molecule has 0 aliphatic rings. The smallest absolute Gasteiger partial charge is 0.337 e. The molecule has 1 N–H and O–H groups in total. The van der Waals surface area contributed by atoms with Crippen molar-refractivity contribution in [2.75, 3.05) is 19.5 Å². The minimum Gasteiger partial charge on any atom is -0.497 e. The Hall–Kier alpha value is -3.47. The lowest BCUT2D eigenvalue weighted by molar-refractivity contribution is 0.0600. The summed E-state index contributed by atoms with van der Waals surface area (Å²) in [4.78, 5) is 11.9. The van der Waals surface area contributed by atoms with Gasteiger partial charge in [-0.25, -0.2) is 4.79 Å². The van der Waals surface area contributed by atoms with Crippen LogP contribution in [-0.2, 0) is 11.3 Å². The highest BCUT2D eigenvalue weighted by molar-refractivity contribution is 5.91. The summed E-state index contributed by atoms with van der Waals surface area (Å²) in [5, 5.41) is 3.31. The lowest BCUT2D eigenvalue weighted by atomic mass is 10.1. The zero-order valence-electron chi connectivity index (χ0n) is 15.3. The summed E-state index contributed by atoms with van der Waals surface area (Å²) in [6.07, 6.45) is 0. The van der Waals surface area contributed by atoms with Gasteiger partial charge in [0.15, 0.2) is 0 Å². The Morgan fingerprint density at radius 1 is 0.926 bits per heavy atom. The molecule has 0 amide bonds. The molecule has 5 nitrogen and oxygen atoms in total. The van der Waals surface area contributed by atoms with Crippen LogP contribution in [-0.4, -0.2) is 20.2 Å². The van der Waals surface area contributed by atoms with Gasteiger partial charge in [0.25, 0.3) is 0 Å². The molecular weight excluding hydrogens is 342 g/mol. The molecule has 0 aromatic heterocycles. The fraction of sp³-hybridized carbons (Fsp3) is 0.136. The Balaban J connectivity index is 1.85. The number of carbonyl (C=O) groups is 1.